The van der Waals surface area contributed by atoms with E-state index in [1.54, 1.807) is 28.8 Å². The fourth-order valence-electron chi connectivity index (χ4n) is 3.49. The highest BCUT2D eigenvalue weighted by atomic mass is 32.1. The van der Waals surface area contributed by atoms with Crippen LogP contribution in [-0.4, -0.2) is 33.6 Å². The van der Waals surface area contributed by atoms with Crippen LogP contribution in [0.3, 0.4) is 0 Å². The lowest BCUT2D eigenvalue weighted by Crippen LogP contribution is -2.32. The smallest absolute Gasteiger partial charge is 0.260 e. The average molecular weight is 449 g/mol. The van der Waals surface area contributed by atoms with Crippen LogP contribution in [-0.2, 0) is 6.54 Å². The normalized spacial score (nSPS) is 11.1. The second-order valence-electron chi connectivity index (χ2n) is 7.76. The molecule has 4 rings (SSSR count). The van der Waals surface area contributed by atoms with Gasteiger partial charge in [0, 0.05) is 31.0 Å². The lowest BCUT2D eigenvalue weighted by atomic mass is 10.2. The summed E-state index contributed by atoms with van der Waals surface area (Å²) in [5, 5.41) is 0.730. The number of carbonyl (C=O) groups is 1. The molecule has 2 heterocycles. The van der Waals surface area contributed by atoms with E-state index in [-0.39, 0.29) is 5.91 Å². The number of hydrogen-bond acceptors (Lipinski definition) is 5. The number of anilines is 1. The number of para-hydroxylation sites is 1. The predicted molar refractivity (Wildman–Crippen MR) is 130 cm³/mol. The van der Waals surface area contributed by atoms with Crippen molar-refractivity contribution in [2.75, 3.05) is 18.1 Å². The standard InChI is InChI=1S/C25H28N4O2S/c1-3-4-17-31-21-11-9-20(10-12-21)24(30)29(15-6-14-28-16-13-26-18-28)25-27-23-19(2)7-5-8-22(23)32-25/h5,7-13,16,18H,3-4,6,14-15,17H2,1-2H3. The first-order valence-electron chi connectivity index (χ1n) is 11.0. The number of carbonyl (C=O) groups excluding carboxylic acids is 1. The quantitative estimate of drug-likeness (QED) is 0.291. The molecule has 4 aromatic rings. The Balaban J connectivity index is 1.55. The Morgan fingerprint density at radius 2 is 2.00 bits per heavy atom. The molecule has 0 fully saturated rings. The van der Waals surface area contributed by atoms with E-state index in [0.717, 1.165) is 52.5 Å². The summed E-state index contributed by atoms with van der Waals surface area (Å²) in [5.74, 6) is 0.740. The van der Waals surface area contributed by atoms with Gasteiger partial charge in [-0.05, 0) is 55.7 Å². The van der Waals surface area contributed by atoms with Crippen LogP contribution < -0.4 is 9.64 Å². The van der Waals surface area contributed by atoms with E-state index >= 15 is 0 Å². The van der Waals surface area contributed by atoms with Gasteiger partial charge in [-0.3, -0.25) is 9.69 Å². The first-order valence-corrected chi connectivity index (χ1v) is 11.8. The number of benzene rings is 2. The number of aromatic nitrogens is 3. The molecule has 0 aliphatic heterocycles. The minimum absolute atomic E-state index is 0.0487. The summed E-state index contributed by atoms with van der Waals surface area (Å²) in [5.41, 5.74) is 2.70. The van der Waals surface area contributed by atoms with Crippen LogP contribution in [0.25, 0.3) is 10.2 Å². The Kier molecular flexibility index (Phi) is 7.17. The van der Waals surface area contributed by atoms with Gasteiger partial charge >= 0.3 is 0 Å². The molecule has 0 spiro atoms. The van der Waals surface area contributed by atoms with Crippen LogP contribution in [0.15, 0.2) is 61.2 Å². The van der Waals surface area contributed by atoms with Crippen LogP contribution >= 0.6 is 11.3 Å². The highest BCUT2D eigenvalue weighted by Crippen LogP contribution is 2.31. The fraction of sp³-hybridized carbons (Fsp3) is 0.320. The summed E-state index contributed by atoms with van der Waals surface area (Å²) in [6.45, 7) is 6.24. The lowest BCUT2D eigenvalue weighted by Gasteiger charge is -2.20. The van der Waals surface area contributed by atoms with E-state index in [1.165, 1.54) is 0 Å². The molecule has 7 heteroatoms. The second-order valence-corrected chi connectivity index (χ2v) is 8.76. The largest absolute Gasteiger partial charge is 0.494 e. The van der Waals surface area contributed by atoms with E-state index in [1.807, 2.05) is 54.1 Å². The summed E-state index contributed by atoms with van der Waals surface area (Å²) in [4.78, 5) is 24.2. The molecule has 32 heavy (non-hydrogen) atoms. The van der Waals surface area contributed by atoms with Gasteiger partial charge < -0.3 is 9.30 Å². The van der Waals surface area contributed by atoms with E-state index in [0.29, 0.717) is 18.7 Å². The van der Waals surface area contributed by atoms with Gasteiger partial charge in [0.1, 0.15) is 5.75 Å². The van der Waals surface area contributed by atoms with Crippen molar-refractivity contribution in [2.45, 2.75) is 39.7 Å². The number of thiazole rings is 1. The lowest BCUT2D eigenvalue weighted by molar-refractivity contribution is 0.0986. The third-order valence-electron chi connectivity index (χ3n) is 5.31. The predicted octanol–water partition coefficient (Wildman–Crippen LogP) is 5.72. The Hall–Kier alpha value is -3.19. The summed E-state index contributed by atoms with van der Waals surface area (Å²) in [7, 11) is 0. The van der Waals surface area contributed by atoms with Gasteiger partial charge in [-0.15, -0.1) is 0 Å². The molecule has 0 atom stereocenters. The maximum Gasteiger partial charge on any atom is 0.260 e. The van der Waals surface area contributed by atoms with Crippen molar-refractivity contribution >= 4 is 32.6 Å². The molecule has 2 aromatic heterocycles. The summed E-state index contributed by atoms with van der Waals surface area (Å²) >= 11 is 1.56. The maximum absolute atomic E-state index is 13.5. The zero-order valence-electron chi connectivity index (χ0n) is 18.5. The van der Waals surface area contributed by atoms with E-state index in [2.05, 4.69) is 18.0 Å². The van der Waals surface area contributed by atoms with Gasteiger partial charge in [0.25, 0.3) is 5.91 Å². The fourth-order valence-corrected chi connectivity index (χ4v) is 4.56. The number of hydrogen-bond donors (Lipinski definition) is 0. The second kappa shape index (κ2) is 10.4. The molecule has 0 aliphatic rings. The molecule has 6 nitrogen and oxygen atoms in total. The van der Waals surface area contributed by atoms with Crippen molar-refractivity contribution in [1.29, 1.82) is 0 Å². The number of fused-ring (bicyclic) bond motifs is 1. The van der Waals surface area contributed by atoms with Crippen LogP contribution in [0.1, 0.15) is 42.1 Å². The molecule has 2 aromatic carbocycles. The third kappa shape index (κ3) is 5.16. The SMILES string of the molecule is CCCCOc1ccc(C(=O)N(CCCn2ccnc2)c2nc3c(C)cccc3s2)cc1. The molecular formula is C25H28N4O2S. The highest BCUT2D eigenvalue weighted by molar-refractivity contribution is 7.22. The summed E-state index contributed by atoms with van der Waals surface area (Å²) in [6.07, 6.45) is 8.40. The minimum atomic E-state index is -0.0487. The zero-order chi connectivity index (χ0) is 22.3. The van der Waals surface area contributed by atoms with Crippen molar-refractivity contribution < 1.29 is 9.53 Å². The topological polar surface area (TPSA) is 60.2 Å². The Morgan fingerprint density at radius 1 is 1.16 bits per heavy atom. The van der Waals surface area contributed by atoms with E-state index < -0.39 is 0 Å². The number of ether oxygens (including phenoxy) is 1. The molecule has 166 valence electrons. The van der Waals surface area contributed by atoms with Crippen molar-refractivity contribution in [1.82, 2.24) is 14.5 Å². The molecule has 0 aliphatic carbocycles. The Bertz CT molecular complexity index is 1150. The van der Waals surface area contributed by atoms with Crippen molar-refractivity contribution in [3.63, 3.8) is 0 Å². The molecule has 1 amide bonds. The highest BCUT2D eigenvalue weighted by Gasteiger charge is 2.21. The van der Waals surface area contributed by atoms with Gasteiger partial charge in [0.05, 0.1) is 23.2 Å². The van der Waals surface area contributed by atoms with Crippen molar-refractivity contribution in [2.24, 2.45) is 0 Å². The number of unbranched alkanes of at least 4 members (excludes halogenated alkanes) is 1. The zero-order valence-corrected chi connectivity index (χ0v) is 19.3. The van der Waals surface area contributed by atoms with Crippen LogP contribution in [0.5, 0.6) is 5.75 Å². The van der Waals surface area contributed by atoms with Gasteiger partial charge in [-0.25, -0.2) is 9.97 Å². The molecule has 0 saturated heterocycles. The molecule has 0 bridgehead atoms. The number of imidazole rings is 1. The molecular weight excluding hydrogens is 420 g/mol. The Labute approximate surface area is 192 Å². The van der Waals surface area contributed by atoms with Crippen LogP contribution in [0.2, 0.25) is 0 Å². The van der Waals surface area contributed by atoms with Gasteiger partial charge in [-0.2, -0.15) is 0 Å². The monoisotopic (exact) mass is 448 g/mol. The minimum Gasteiger partial charge on any atom is -0.494 e. The Morgan fingerprint density at radius 3 is 2.72 bits per heavy atom. The summed E-state index contributed by atoms with van der Waals surface area (Å²) < 4.78 is 8.85. The number of rotatable bonds is 10. The average Bonchev–Trinajstić information content (AvgIpc) is 3.48. The molecule has 0 radical (unpaired) electrons. The number of amides is 1. The van der Waals surface area contributed by atoms with Crippen LogP contribution in [0.4, 0.5) is 5.13 Å². The maximum atomic E-state index is 13.5. The van der Waals surface area contributed by atoms with Crippen molar-refractivity contribution in [3.8, 4) is 5.75 Å². The van der Waals surface area contributed by atoms with Crippen molar-refractivity contribution in [3.05, 3.63) is 72.3 Å². The first-order chi connectivity index (χ1) is 15.7. The number of nitrogens with zero attached hydrogens (tertiary/aromatic N) is 4. The van der Waals surface area contributed by atoms with E-state index in [4.69, 9.17) is 9.72 Å². The molecule has 0 unspecified atom stereocenters. The third-order valence-corrected chi connectivity index (χ3v) is 6.35. The van der Waals surface area contributed by atoms with Gasteiger partial charge in [0.15, 0.2) is 5.13 Å². The van der Waals surface area contributed by atoms with Gasteiger partial charge in [-0.1, -0.05) is 36.8 Å². The van der Waals surface area contributed by atoms with E-state index in [9.17, 15) is 4.79 Å². The van der Waals surface area contributed by atoms with Gasteiger partial charge in [0.2, 0.25) is 0 Å². The number of aryl methyl sites for hydroxylation is 2. The summed E-state index contributed by atoms with van der Waals surface area (Å²) in [6, 6.07) is 13.6. The molecule has 0 saturated carbocycles. The van der Waals surface area contributed by atoms with Crippen LogP contribution in [0, 0.1) is 6.92 Å². The molecule has 0 N–H and O–H groups in total. The first kappa shape index (κ1) is 22.0.